The highest BCUT2D eigenvalue weighted by Crippen LogP contribution is 2.24. The maximum atomic E-state index is 13.2. The third kappa shape index (κ3) is 5.00. The van der Waals surface area contributed by atoms with Crippen LogP contribution in [-0.4, -0.2) is 20.7 Å². The maximum absolute atomic E-state index is 13.2. The van der Waals surface area contributed by atoms with E-state index in [1.165, 1.54) is 18.2 Å². The summed E-state index contributed by atoms with van der Waals surface area (Å²) < 4.78 is 20.4. The number of rotatable bonds is 7. The van der Waals surface area contributed by atoms with E-state index >= 15 is 0 Å². The first kappa shape index (κ1) is 21.2. The molecule has 1 amide bonds. The molecule has 4 rings (SSSR count). The van der Waals surface area contributed by atoms with E-state index in [1.807, 2.05) is 31.2 Å². The van der Waals surface area contributed by atoms with Gasteiger partial charge in [-0.2, -0.15) is 5.10 Å². The number of amides is 1. The Morgan fingerprint density at radius 2 is 1.91 bits per heavy atom. The molecule has 0 fully saturated rings. The first-order valence-electron chi connectivity index (χ1n) is 10.3. The molecule has 32 heavy (non-hydrogen) atoms. The molecule has 6 nitrogen and oxygen atoms in total. The zero-order chi connectivity index (χ0) is 22.5. The van der Waals surface area contributed by atoms with Crippen LogP contribution in [0.4, 0.5) is 10.1 Å². The van der Waals surface area contributed by atoms with E-state index in [1.54, 1.807) is 42.4 Å². The van der Waals surface area contributed by atoms with Gasteiger partial charge in [0.05, 0.1) is 17.6 Å². The Kier molecular flexibility index (Phi) is 6.26. The van der Waals surface area contributed by atoms with E-state index in [2.05, 4.69) is 15.4 Å². The molecule has 0 unspecified atom stereocenters. The lowest BCUT2D eigenvalue weighted by Gasteiger charge is -2.05. The second kappa shape index (κ2) is 9.43. The van der Waals surface area contributed by atoms with Gasteiger partial charge in [0.25, 0.3) is 0 Å². The summed E-state index contributed by atoms with van der Waals surface area (Å²) in [7, 11) is 1.80. The lowest BCUT2D eigenvalue weighted by Crippen LogP contribution is -2.07. The number of aromatic nitrogens is 3. The summed E-state index contributed by atoms with van der Waals surface area (Å²) in [5, 5.41) is 7.10. The Bertz CT molecular complexity index is 1240. The van der Waals surface area contributed by atoms with Crippen LogP contribution in [-0.2, 0) is 24.7 Å². The fourth-order valence-corrected chi connectivity index (χ4v) is 3.36. The van der Waals surface area contributed by atoms with E-state index in [0.29, 0.717) is 18.0 Å². The highest BCUT2D eigenvalue weighted by atomic mass is 19.1. The van der Waals surface area contributed by atoms with E-state index in [4.69, 9.17) is 4.42 Å². The number of hydrogen-bond donors (Lipinski definition) is 1. The number of carbonyl (C=O) groups is 1. The molecule has 0 bridgehead atoms. The van der Waals surface area contributed by atoms with Gasteiger partial charge in [-0.1, -0.05) is 19.1 Å². The maximum Gasteiger partial charge on any atom is 0.248 e. The van der Waals surface area contributed by atoms with Gasteiger partial charge in [0.1, 0.15) is 12.1 Å². The van der Waals surface area contributed by atoms with Gasteiger partial charge in [0, 0.05) is 36.4 Å². The number of benzene rings is 2. The number of hydrogen-bond acceptors (Lipinski definition) is 4. The van der Waals surface area contributed by atoms with E-state index < -0.39 is 0 Å². The fraction of sp³-hybridized carbons (Fsp3) is 0.160. The van der Waals surface area contributed by atoms with Gasteiger partial charge in [-0.05, 0) is 54.5 Å². The van der Waals surface area contributed by atoms with Crippen molar-refractivity contribution in [1.29, 1.82) is 0 Å². The van der Waals surface area contributed by atoms with Gasteiger partial charge in [-0.25, -0.2) is 9.37 Å². The Morgan fingerprint density at radius 1 is 1.16 bits per heavy atom. The molecule has 2 aromatic carbocycles. The summed E-state index contributed by atoms with van der Waals surface area (Å²) in [5.74, 6) is 0.117. The Hall–Kier alpha value is -4.00. The molecule has 0 saturated heterocycles. The number of halogens is 1. The third-order valence-corrected chi connectivity index (χ3v) is 5.04. The number of nitrogens with zero attached hydrogens (tertiary/aromatic N) is 3. The van der Waals surface area contributed by atoms with Crippen molar-refractivity contribution in [3.8, 4) is 11.3 Å². The second-order valence-corrected chi connectivity index (χ2v) is 7.36. The number of aryl methyl sites for hydroxylation is 2. The van der Waals surface area contributed by atoms with Gasteiger partial charge >= 0.3 is 0 Å². The quantitative estimate of drug-likeness (QED) is 0.418. The molecule has 0 spiro atoms. The zero-order valence-corrected chi connectivity index (χ0v) is 17.9. The van der Waals surface area contributed by atoms with Gasteiger partial charge in [0.2, 0.25) is 5.91 Å². The normalized spacial score (nSPS) is 11.2. The van der Waals surface area contributed by atoms with Crippen molar-refractivity contribution >= 4 is 17.7 Å². The summed E-state index contributed by atoms with van der Waals surface area (Å²) in [6, 6.07) is 13.7. The standard InChI is InChI=1S/C25H23FN4O2/c1-3-21-16-32-24(29-21)14-17-4-11-22(12-5-17)28-23(31)13-8-19-15-27-30(2)25(19)18-6-9-20(26)10-7-18/h4-13,15-16H,3,14H2,1-2H3,(H,28,31). The molecule has 2 heterocycles. The molecule has 2 aromatic heterocycles. The summed E-state index contributed by atoms with van der Waals surface area (Å²) >= 11 is 0. The second-order valence-electron chi connectivity index (χ2n) is 7.36. The molecule has 0 aliphatic carbocycles. The molecule has 1 N–H and O–H groups in total. The number of oxazole rings is 1. The molecular weight excluding hydrogens is 407 g/mol. The minimum Gasteiger partial charge on any atom is -0.448 e. The Balaban J connectivity index is 1.40. The van der Waals surface area contributed by atoms with E-state index in [9.17, 15) is 9.18 Å². The average molecular weight is 430 g/mol. The van der Waals surface area contributed by atoms with Crippen molar-refractivity contribution in [2.24, 2.45) is 7.05 Å². The molecule has 0 atom stereocenters. The highest BCUT2D eigenvalue weighted by Gasteiger charge is 2.10. The number of carbonyl (C=O) groups excluding carboxylic acids is 1. The van der Waals surface area contributed by atoms with Crippen LogP contribution < -0.4 is 5.32 Å². The van der Waals surface area contributed by atoms with Crippen molar-refractivity contribution in [1.82, 2.24) is 14.8 Å². The van der Waals surface area contributed by atoms with Crippen molar-refractivity contribution in [3.63, 3.8) is 0 Å². The SMILES string of the molecule is CCc1coc(Cc2ccc(NC(=O)C=Cc3cnn(C)c3-c3ccc(F)cc3)cc2)n1. The van der Waals surface area contributed by atoms with Crippen LogP contribution in [0.25, 0.3) is 17.3 Å². The van der Waals surface area contributed by atoms with Gasteiger partial charge < -0.3 is 9.73 Å². The Morgan fingerprint density at radius 3 is 2.59 bits per heavy atom. The number of nitrogens with one attached hydrogen (secondary N) is 1. The molecule has 0 aliphatic heterocycles. The zero-order valence-electron chi connectivity index (χ0n) is 17.9. The van der Waals surface area contributed by atoms with Crippen molar-refractivity contribution in [2.45, 2.75) is 19.8 Å². The van der Waals surface area contributed by atoms with Crippen LogP contribution in [0.15, 0.2) is 71.5 Å². The van der Waals surface area contributed by atoms with Gasteiger partial charge in [0.15, 0.2) is 5.89 Å². The molecule has 0 radical (unpaired) electrons. The van der Waals surface area contributed by atoms with Crippen molar-refractivity contribution in [3.05, 3.63) is 95.6 Å². The molecule has 4 aromatic rings. The van der Waals surface area contributed by atoms with Crippen LogP contribution >= 0.6 is 0 Å². The molecule has 7 heteroatoms. The van der Waals surface area contributed by atoms with Crippen LogP contribution in [0.3, 0.4) is 0 Å². The first-order chi connectivity index (χ1) is 15.5. The van der Waals surface area contributed by atoms with Crippen molar-refractivity contribution < 1.29 is 13.6 Å². The van der Waals surface area contributed by atoms with Crippen LogP contribution in [0.2, 0.25) is 0 Å². The average Bonchev–Trinajstić information content (AvgIpc) is 3.40. The summed E-state index contributed by atoms with van der Waals surface area (Å²) in [6.45, 7) is 2.03. The van der Waals surface area contributed by atoms with Crippen LogP contribution in [0.1, 0.15) is 29.6 Å². The van der Waals surface area contributed by atoms with E-state index in [0.717, 1.165) is 34.5 Å². The number of anilines is 1. The third-order valence-electron chi connectivity index (χ3n) is 5.04. The molecular formula is C25H23FN4O2. The van der Waals surface area contributed by atoms with Crippen LogP contribution in [0.5, 0.6) is 0 Å². The first-order valence-corrected chi connectivity index (χ1v) is 10.3. The summed E-state index contributed by atoms with van der Waals surface area (Å²) in [5.41, 5.74) is 5.06. The lowest BCUT2D eigenvalue weighted by atomic mass is 10.1. The summed E-state index contributed by atoms with van der Waals surface area (Å²) in [6.07, 6.45) is 7.94. The smallest absolute Gasteiger partial charge is 0.248 e. The predicted molar refractivity (Wildman–Crippen MR) is 121 cm³/mol. The molecule has 0 aliphatic rings. The minimum atomic E-state index is -0.301. The molecule has 0 saturated carbocycles. The Labute approximate surface area is 185 Å². The minimum absolute atomic E-state index is 0.257. The van der Waals surface area contributed by atoms with Crippen LogP contribution in [0, 0.1) is 5.82 Å². The summed E-state index contributed by atoms with van der Waals surface area (Å²) in [4.78, 5) is 16.8. The van der Waals surface area contributed by atoms with E-state index in [-0.39, 0.29) is 11.7 Å². The fourth-order valence-electron chi connectivity index (χ4n) is 3.36. The monoisotopic (exact) mass is 430 g/mol. The molecule has 162 valence electrons. The topological polar surface area (TPSA) is 73.0 Å². The highest BCUT2D eigenvalue weighted by molar-refractivity contribution is 6.02. The van der Waals surface area contributed by atoms with Gasteiger partial charge in [-0.3, -0.25) is 9.48 Å². The predicted octanol–water partition coefficient (Wildman–Crippen LogP) is 5.02. The van der Waals surface area contributed by atoms with Gasteiger partial charge in [-0.15, -0.1) is 0 Å². The lowest BCUT2D eigenvalue weighted by molar-refractivity contribution is -0.111. The van der Waals surface area contributed by atoms with Crippen molar-refractivity contribution in [2.75, 3.05) is 5.32 Å². The largest absolute Gasteiger partial charge is 0.448 e.